The third kappa shape index (κ3) is 2.96. The van der Waals surface area contributed by atoms with Gasteiger partial charge in [0.2, 0.25) is 0 Å². The van der Waals surface area contributed by atoms with E-state index < -0.39 is 0 Å². The first kappa shape index (κ1) is 13.2. The van der Waals surface area contributed by atoms with Gasteiger partial charge in [-0.15, -0.1) is 0 Å². The average molecular weight is 268 g/mol. The number of nitrogens with one attached hydrogen (secondary N) is 1. The summed E-state index contributed by atoms with van der Waals surface area (Å²) in [5.41, 5.74) is 0.529. The van der Waals surface area contributed by atoms with Gasteiger partial charge >= 0.3 is 0 Å². The molecule has 1 saturated carbocycles. The van der Waals surface area contributed by atoms with Crippen molar-refractivity contribution in [1.82, 2.24) is 5.32 Å². The summed E-state index contributed by atoms with van der Waals surface area (Å²) in [5.74, 6) is -0.285. The molecule has 1 aromatic carbocycles. The number of phenols is 1. The number of benzene rings is 1. The molecule has 1 unspecified atom stereocenters. The Hall–Kier alpha value is -1.22. The van der Waals surface area contributed by atoms with Gasteiger partial charge in [-0.05, 0) is 42.9 Å². The van der Waals surface area contributed by atoms with E-state index in [0.717, 1.165) is 19.3 Å². The molecular formula is C14H18ClNO2. The number of carbonyl (C=O) groups excluding carboxylic acids is 1. The molecule has 0 saturated heterocycles. The number of aromatic hydroxyl groups is 1. The highest BCUT2D eigenvalue weighted by atomic mass is 35.5. The van der Waals surface area contributed by atoms with Gasteiger partial charge in [0.1, 0.15) is 5.75 Å². The van der Waals surface area contributed by atoms with Crippen LogP contribution in [-0.2, 0) is 0 Å². The molecule has 18 heavy (non-hydrogen) atoms. The third-order valence-electron chi connectivity index (χ3n) is 3.51. The van der Waals surface area contributed by atoms with Crippen molar-refractivity contribution in [3.63, 3.8) is 0 Å². The maximum Gasteiger partial charge on any atom is 0.255 e. The molecule has 98 valence electrons. The van der Waals surface area contributed by atoms with Crippen molar-refractivity contribution in [1.29, 1.82) is 0 Å². The van der Waals surface area contributed by atoms with Crippen molar-refractivity contribution < 1.29 is 9.90 Å². The summed E-state index contributed by atoms with van der Waals surface area (Å²) < 4.78 is 0. The Bertz CT molecular complexity index is 471. The zero-order valence-corrected chi connectivity index (χ0v) is 11.4. The van der Waals surface area contributed by atoms with Gasteiger partial charge < -0.3 is 10.4 Å². The molecule has 2 N–H and O–H groups in total. The number of amides is 1. The fraction of sp³-hybridized carbons (Fsp3) is 0.500. The second-order valence-corrected chi connectivity index (χ2v) is 6.18. The smallest absolute Gasteiger partial charge is 0.255 e. The standard InChI is InChI=1S/C14H18ClNO2/c1-14(2)6-5-10(8-14)16-13(18)11-7-9(15)3-4-12(11)17/h3-4,7,10,17H,5-6,8H2,1-2H3,(H,16,18). The highest BCUT2D eigenvalue weighted by Gasteiger charge is 2.32. The molecule has 0 bridgehead atoms. The van der Waals surface area contributed by atoms with Gasteiger partial charge in [0.25, 0.3) is 5.91 Å². The molecule has 1 aliphatic rings. The van der Waals surface area contributed by atoms with Crippen LogP contribution < -0.4 is 5.32 Å². The molecule has 1 fully saturated rings. The average Bonchev–Trinajstić information content (AvgIpc) is 2.61. The number of carbonyl (C=O) groups is 1. The van der Waals surface area contributed by atoms with Crippen molar-refractivity contribution in [3.05, 3.63) is 28.8 Å². The van der Waals surface area contributed by atoms with Crippen molar-refractivity contribution in [2.24, 2.45) is 5.41 Å². The van der Waals surface area contributed by atoms with Crippen molar-refractivity contribution in [2.75, 3.05) is 0 Å². The number of hydrogen-bond acceptors (Lipinski definition) is 2. The Morgan fingerprint density at radius 3 is 2.83 bits per heavy atom. The summed E-state index contributed by atoms with van der Waals surface area (Å²) in [6.07, 6.45) is 3.07. The van der Waals surface area contributed by atoms with E-state index >= 15 is 0 Å². The second-order valence-electron chi connectivity index (χ2n) is 5.74. The highest BCUT2D eigenvalue weighted by molar-refractivity contribution is 6.31. The summed E-state index contributed by atoms with van der Waals surface area (Å²) in [5, 5.41) is 13.1. The van der Waals surface area contributed by atoms with Crippen molar-refractivity contribution >= 4 is 17.5 Å². The summed E-state index contributed by atoms with van der Waals surface area (Å²) >= 11 is 5.83. The molecule has 1 atom stereocenters. The van der Waals surface area contributed by atoms with Crippen LogP contribution in [-0.4, -0.2) is 17.1 Å². The number of phenolic OH excluding ortho intramolecular Hbond substituents is 1. The second kappa shape index (κ2) is 4.81. The molecule has 1 aliphatic carbocycles. The van der Waals surface area contributed by atoms with Crippen LogP contribution in [0.2, 0.25) is 5.02 Å². The largest absolute Gasteiger partial charge is 0.507 e. The Labute approximate surface area is 112 Å². The van der Waals surface area contributed by atoms with Gasteiger partial charge in [0, 0.05) is 11.1 Å². The Morgan fingerprint density at radius 2 is 2.22 bits per heavy atom. The van der Waals surface area contributed by atoms with Crippen LogP contribution in [0.25, 0.3) is 0 Å². The zero-order valence-electron chi connectivity index (χ0n) is 10.7. The van der Waals surface area contributed by atoms with Crippen LogP contribution in [0, 0.1) is 5.41 Å². The van der Waals surface area contributed by atoms with E-state index in [1.807, 2.05) is 0 Å². The Morgan fingerprint density at radius 1 is 1.50 bits per heavy atom. The van der Waals surface area contributed by atoms with E-state index in [1.54, 1.807) is 6.07 Å². The molecule has 2 rings (SSSR count). The van der Waals surface area contributed by atoms with Crippen LogP contribution in [0.1, 0.15) is 43.5 Å². The van der Waals surface area contributed by atoms with Crippen molar-refractivity contribution in [3.8, 4) is 5.75 Å². The number of hydrogen-bond donors (Lipinski definition) is 2. The van der Waals surface area contributed by atoms with Gasteiger partial charge in [-0.1, -0.05) is 25.4 Å². The summed E-state index contributed by atoms with van der Waals surface area (Å²) in [7, 11) is 0. The van der Waals surface area contributed by atoms with Gasteiger partial charge in [-0.25, -0.2) is 0 Å². The predicted molar refractivity (Wildman–Crippen MR) is 72.0 cm³/mol. The van der Waals surface area contributed by atoms with Gasteiger partial charge in [0.15, 0.2) is 0 Å². The van der Waals surface area contributed by atoms with Crippen molar-refractivity contribution in [2.45, 2.75) is 39.2 Å². The maximum absolute atomic E-state index is 12.1. The van der Waals surface area contributed by atoms with Gasteiger partial charge in [-0.2, -0.15) is 0 Å². The minimum absolute atomic E-state index is 0.0332. The Kier molecular flexibility index (Phi) is 3.53. The summed E-state index contributed by atoms with van der Waals surface area (Å²) in [4.78, 5) is 12.1. The first-order valence-electron chi connectivity index (χ1n) is 6.17. The first-order chi connectivity index (χ1) is 8.37. The lowest BCUT2D eigenvalue weighted by Crippen LogP contribution is -2.33. The fourth-order valence-electron chi connectivity index (χ4n) is 2.51. The lowest BCUT2D eigenvalue weighted by molar-refractivity contribution is 0.0933. The molecule has 3 nitrogen and oxygen atoms in total. The van der Waals surface area contributed by atoms with Crippen LogP contribution in [0.5, 0.6) is 5.75 Å². The normalized spacial score (nSPS) is 21.8. The molecule has 0 heterocycles. The molecule has 1 aromatic rings. The van der Waals surface area contributed by atoms with Crippen LogP contribution in [0.15, 0.2) is 18.2 Å². The molecule has 0 radical (unpaired) electrons. The molecule has 0 spiro atoms. The fourth-order valence-corrected chi connectivity index (χ4v) is 2.68. The lowest BCUT2D eigenvalue weighted by Gasteiger charge is -2.18. The SMILES string of the molecule is CC1(C)CCC(NC(=O)c2cc(Cl)ccc2O)C1. The highest BCUT2D eigenvalue weighted by Crippen LogP contribution is 2.37. The van der Waals surface area contributed by atoms with E-state index in [-0.39, 0.29) is 28.7 Å². The van der Waals surface area contributed by atoms with Crippen LogP contribution in [0.4, 0.5) is 0 Å². The molecular weight excluding hydrogens is 250 g/mol. The predicted octanol–water partition coefficient (Wildman–Crippen LogP) is 3.35. The third-order valence-corrected chi connectivity index (χ3v) is 3.74. The quantitative estimate of drug-likeness (QED) is 0.863. The first-order valence-corrected chi connectivity index (χ1v) is 6.54. The molecule has 0 aliphatic heterocycles. The lowest BCUT2D eigenvalue weighted by atomic mass is 9.92. The summed E-state index contributed by atoms with van der Waals surface area (Å²) in [6, 6.07) is 4.68. The van der Waals surface area contributed by atoms with E-state index in [9.17, 15) is 9.90 Å². The van der Waals surface area contributed by atoms with E-state index in [0.29, 0.717) is 5.02 Å². The van der Waals surface area contributed by atoms with Crippen LogP contribution >= 0.6 is 11.6 Å². The number of halogens is 1. The minimum Gasteiger partial charge on any atom is -0.507 e. The zero-order chi connectivity index (χ0) is 13.3. The molecule has 1 amide bonds. The van der Waals surface area contributed by atoms with Gasteiger partial charge in [0.05, 0.1) is 5.56 Å². The molecule has 4 heteroatoms. The number of rotatable bonds is 2. The summed E-state index contributed by atoms with van der Waals surface area (Å²) in [6.45, 7) is 4.41. The molecule has 0 aromatic heterocycles. The van der Waals surface area contributed by atoms with Gasteiger partial charge in [-0.3, -0.25) is 4.79 Å². The van der Waals surface area contributed by atoms with E-state index in [4.69, 9.17) is 11.6 Å². The van der Waals surface area contributed by atoms with Crippen LogP contribution in [0.3, 0.4) is 0 Å². The van der Waals surface area contributed by atoms with E-state index in [2.05, 4.69) is 19.2 Å². The monoisotopic (exact) mass is 267 g/mol. The topological polar surface area (TPSA) is 49.3 Å². The minimum atomic E-state index is -0.252. The van der Waals surface area contributed by atoms with E-state index in [1.165, 1.54) is 12.1 Å². The Balaban J connectivity index is 2.06. The maximum atomic E-state index is 12.1.